The number of piperazine rings is 1. The highest BCUT2D eigenvalue weighted by Crippen LogP contribution is 2.16. The zero-order valence-corrected chi connectivity index (χ0v) is 10.1. The second kappa shape index (κ2) is 5.56. The summed E-state index contributed by atoms with van der Waals surface area (Å²) in [5.41, 5.74) is 1.35. The van der Waals surface area contributed by atoms with Gasteiger partial charge in [-0.3, -0.25) is 0 Å². The van der Waals surface area contributed by atoms with Crippen LogP contribution in [-0.4, -0.2) is 37.6 Å². The van der Waals surface area contributed by atoms with Gasteiger partial charge in [0.2, 0.25) is 0 Å². The first-order valence-corrected chi connectivity index (χ1v) is 6.04. The van der Waals surface area contributed by atoms with E-state index in [1.165, 1.54) is 6.07 Å². The summed E-state index contributed by atoms with van der Waals surface area (Å²) in [7, 11) is 0. The molecule has 0 atom stereocenters. The Balaban J connectivity index is 1.98. The zero-order chi connectivity index (χ0) is 12.3. The first-order chi connectivity index (χ1) is 8.16. The Hall–Kier alpha value is -1.00. The van der Waals surface area contributed by atoms with Crippen LogP contribution in [-0.2, 0) is 6.42 Å². The molecule has 1 N–H and O–H groups in total. The molecule has 17 heavy (non-hydrogen) atoms. The first-order valence-electron chi connectivity index (χ1n) is 6.04. The van der Waals surface area contributed by atoms with Gasteiger partial charge in [-0.1, -0.05) is 0 Å². The molecule has 1 saturated heterocycles. The fourth-order valence-electron chi connectivity index (χ4n) is 2.17. The van der Waals surface area contributed by atoms with E-state index in [1.807, 2.05) is 0 Å². The molecule has 2 nitrogen and oxygen atoms in total. The molecule has 0 unspecified atom stereocenters. The Morgan fingerprint density at radius 2 is 1.94 bits per heavy atom. The molecule has 0 radical (unpaired) electrons. The number of rotatable bonds is 3. The summed E-state index contributed by atoms with van der Waals surface area (Å²) in [5.74, 6) is -0.927. The van der Waals surface area contributed by atoms with Crippen molar-refractivity contribution < 1.29 is 8.78 Å². The van der Waals surface area contributed by atoms with E-state index < -0.39 is 11.6 Å². The Morgan fingerprint density at radius 1 is 1.24 bits per heavy atom. The van der Waals surface area contributed by atoms with Crippen LogP contribution in [0.15, 0.2) is 12.1 Å². The van der Waals surface area contributed by atoms with Crippen LogP contribution in [0.5, 0.6) is 0 Å². The maximum atomic E-state index is 13.3. The van der Waals surface area contributed by atoms with E-state index in [4.69, 9.17) is 0 Å². The molecule has 1 aromatic rings. The fourth-order valence-corrected chi connectivity index (χ4v) is 2.17. The fraction of sp³-hybridized carbons (Fsp3) is 0.538. The predicted octanol–water partition coefficient (Wildman–Crippen LogP) is 1.72. The average molecular weight is 240 g/mol. The third kappa shape index (κ3) is 3.23. The van der Waals surface area contributed by atoms with Crippen molar-refractivity contribution in [3.05, 3.63) is 34.9 Å². The molecule has 1 heterocycles. The minimum Gasteiger partial charge on any atom is -0.314 e. The van der Waals surface area contributed by atoms with Crippen LogP contribution >= 0.6 is 0 Å². The quantitative estimate of drug-likeness (QED) is 0.865. The lowest BCUT2D eigenvalue weighted by molar-refractivity contribution is 0.243. The highest BCUT2D eigenvalue weighted by Gasteiger charge is 2.11. The van der Waals surface area contributed by atoms with Gasteiger partial charge in [0.15, 0.2) is 0 Å². The van der Waals surface area contributed by atoms with Crippen molar-refractivity contribution in [1.82, 2.24) is 10.2 Å². The number of nitrogens with one attached hydrogen (secondary N) is 1. The summed E-state index contributed by atoms with van der Waals surface area (Å²) in [6.07, 6.45) is 0.709. The van der Waals surface area contributed by atoms with E-state index in [0.29, 0.717) is 12.0 Å². The summed E-state index contributed by atoms with van der Waals surface area (Å²) in [4.78, 5) is 2.32. The van der Waals surface area contributed by atoms with Gasteiger partial charge in [-0.15, -0.1) is 0 Å². The average Bonchev–Trinajstić information content (AvgIpc) is 2.33. The van der Waals surface area contributed by atoms with Crippen molar-refractivity contribution in [1.29, 1.82) is 0 Å². The second-order valence-corrected chi connectivity index (χ2v) is 4.51. The molecule has 1 aromatic carbocycles. The molecule has 0 spiro atoms. The smallest absolute Gasteiger partial charge is 0.129 e. The standard InChI is InChI=1S/C13H18F2N2/c1-10-11(8-12(14)9-13(10)15)2-5-17-6-3-16-4-7-17/h8-9,16H,2-7H2,1H3. The molecule has 0 amide bonds. The summed E-state index contributed by atoms with van der Waals surface area (Å²) in [6.45, 7) is 6.59. The lowest BCUT2D eigenvalue weighted by Crippen LogP contribution is -2.44. The molecule has 0 bridgehead atoms. The Kier molecular flexibility index (Phi) is 4.07. The van der Waals surface area contributed by atoms with E-state index in [9.17, 15) is 8.78 Å². The molecule has 4 heteroatoms. The lowest BCUT2D eigenvalue weighted by atomic mass is 10.0. The number of hydrogen-bond acceptors (Lipinski definition) is 2. The maximum Gasteiger partial charge on any atom is 0.129 e. The van der Waals surface area contributed by atoms with E-state index in [0.717, 1.165) is 44.4 Å². The summed E-state index contributed by atoms with van der Waals surface area (Å²) in [5, 5.41) is 3.28. The molecule has 1 aliphatic rings. The highest BCUT2D eigenvalue weighted by atomic mass is 19.1. The van der Waals surface area contributed by atoms with Gasteiger partial charge in [0.25, 0.3) is 0 Å². The minimum absolute atomic E-state index is 0.444. The van der Waals surface area contributed by atoms with Gasteiger partial charge in [0, 0.05) is 38.8 Å². The normalized spacial score (nSPS) is 17.4. The van der Waals surface area contributed by atoms with Crippen molar-refractivity contribution in [2.45, 2.75) is 13.3 Å². The van der Waals surface area contributed by atoms with Crippen LogP contribution in [0, 0.1) is 18.6 Å². The van der Waals surface area contributed by atoms with Crippen molar-refractivity contribution in [3.63, 3.8) is 0 Å². The van der Waals surface area contributed by atoms with Crippen LogP contribution in [0.2, 0.25) is 0 Å². The van der Waals surface area contributed by atoms with Gasteiger partial charge in [0.05, 0.1) is 0 Å². The van der Waals surface area contributed by atoms with Gasteiger partial charge in [-0.2, -0.15) is 0 Å². The second-order valence-electron chi connectivity index (χ2n) is 4.51. The Morgan fingerprint density at radius 3 is 2.65 bits per heavy atom. The summed E-state index contributed by atoms with van der Waals surface area (Å²) in [6, 6.07) is 2.39. The third-order valence-electron chi connectivity index (χ3n) is 3.32. The van der Waals surface area contributed by atoms with Gasteiger partial charge in [-0.05, 0) is 30.5 Å². The van der Waals surface area contributed by atoms with E-state index in [-0.39, 0.29) is 0 Å². The lowest BCUT2D eigenvalue weighted by Gasteiger charge is -2.27. The highest BCUT2D eigenvalue weighted by molar-refractivity contribution is 5.28. The largest absolute Gasteiger partial charge is 0.314 e. The van der Waals surface area contributed by atoms with Crippen LogP contribution in [0.25, 0.3) is 0 Å². The molecule has 2 rings (SSSR count). The molecule has 94 valence electrons. The van der Waals surface area contributed by atoms with Crippen LogP contribution in [0.1, 0.15) is 11.1 Å². The molecular weight excluding hydrogens is 222 g/mol. The van der Waals surface area contributed by atoms with Crippen molar-refractivity contribution >= 4 is 0 Å². The SMILES string of the molecule is Cc1c(F)cc(F)cc1CCN1CCNCC1. The zero-order valence-electron chi connectivity index (χ0n) is 10.1. The van der Waals surface area contributed by atoms with Crippen LogP contribution < -0.4 is 5.32 Å². The summed E-state index contributed by atoms with van der Waals surface area (Å²) >= 11 is 0. The maximum absolute atomic E-state index is 13.3. The number of hydrogen-bond donors (Lipinski definition) is 1. The number of nitrogens with zero attached hydrogens (tertiary/aromatic N) is 1. The van der Waals surface area contributed by atoms with E-state index in [1.54, 1.807) is 6.92 Å². The topological polar surface area (TPSA) is 15.3 Å². The van der Waals surface area contributed by atoms with Crippen LogP contribution in [0.4, 0.5) is 8.78 Å². The van der Waals surface area contributed by atoms with Crippen molar-refractivity contribution in [2.24, 2.45) is 0 Å². The van der Waals surface area contributed by atoms with Gasteiger partial charge < -0.3 is 10.2 Å². The summed E-state index contributed by atoms with van der Waals surface area (Å²) < 4.78 is 26.5. The van der Waals surface area contributed by atoms with E-state index >= 15 is 0 Å². The third-order valence-corrected chi connectivity index (χ3v) is 3.32. The monoisotopic (exact) mass is 240 g/mol. The molecule has 0 aromatic heterocycles. The van der Waals surface area contributed by atoms with Crippen molar-refractivity contribution in [3.8, 4) is 0 Å². The number of halogens is 2. The molecule has 1 aliphatic heterocycles. The van der Waals surface area contributed by atoms with Gasteiger partial charge >= 0.3 is 0 Å². The number of benzene rings is 1. The Bertz CT molecular complexity index is 387. The molecule has 0 aliphatic carbocycles. The predicted molar refractivity (Wildman–Crippen MR) is 64.1 cm³/mol. The van der Waals surface area contributed by atoms with Crippen LogP contribution in [0.3, 0.4) is 0 Å². The molecule has 1 fully saturated rings. The van der Waals surface area contributed by atoms with E-state index in [2.05, 4.69) is 10.2 Å². The van der Waals surface area contributed by atoms with Crippen molar-refractivity contribution in [2.75, 3.05) is 32.7 Å². The molecule has 0 saturated carbocycles. The molecular formula is C13H18F2N2. The Labute approximate surface area is 101 Å². The minimum atomic E-state index is -0.483. The van der Waals surface area contributed by atoms with Gasteiger partial charge in [-0.25, -0.2) is 8.78 Å². The van der Waals surface area contributed by atoms with Gasteiger partial charge in [0.1, 0.15) is 11.6 Å². The first kappa shape index (κ1) is 12.5.